The van der Waals surface area contributed by atoms with Crippen LogP contribution in [0.3, 0.4) is 0 Å². The maximum Gasteiger partial charge on any atom is 0.243 e. The number of hydroxylamine groups is 1. The zero-order valence-electron chi connectivity index (χ0n) is 23.2. The number of nitrogens with zero attached hydrogens (tertiary/aromatic N) is 1. The van der Waals surface area contributed by atoms with Gasteiger partial charge in [-0.3, -0.25) is 24.6 Å². The van der Waals surface area contributed by atoms with Crippen LogP contribution in [0.1, 0.15) is 25.7 Å². The molecule has 1 aliphatic carbocycles. The second kappa shape index (κ2) is 12.7. The lowest BCUT2D eigenvalue weighted by molar-refractivity contribution is -0.131. The van der Waals surface area contributed by atoms with Crippen LogP contribution in [0, 0.1) is 11.2 Å². The highest BCUT2D eigenvalue weighted by atomic mass is 19.1. The number of amides is 3. The lowest BCUT2D eigenvalue weighted by Gasteiger charge is -2.16. The molecule has 12 heteroatoms. The number of benzene rings is 3. The van der Waals surface area contributed by atoms with Crippen LogP contribution in [0.25, 0.3) is 10.9 Å². The van der Waals surface area contributed by atoms with E-state index in [0.29, 0.717) is 64.5 Å². The smallest absolute Gasteiger partial charge is 0.243 e. The molecule has 0 saturated heterocycles. The third-order valence-electron chi connectivity index (χ3n) is 6.98. The predicted molar refractivity (Wildman–Crippen MR) is 155 cm³/mol. The summed E-state index contributed by atoms with van der Waals surface area (Å²) in [5.41, 5.74) is 1.92. The third kappa shape index (κ3) is 6.81. The van der Waals surface area contributed by atoms with E-state index in [1.54, 1.807) is 54.1 Å². The minimum absolute atomic E-state index is 0.110. The molecule has 0 aliphatic heterocycles. The van der Waals surface area contributed by atoms with E-state index in [4.69, 9.17) is 19.4 Å². The first kappa shape index (κ1) is 29.3. The van der Waals surface area contributed by atoms with Gasteiger partial charge in [-0.15, -0.1) is 0 Å². The first-order chi connectivity index (χ1) is 20.8. The predicted octanol–water partition coefficient (Wildman–Crippen LogP) is 5.20. The molecule has 3 amide bonds. The molecule has 11 nitrogen and oxygen atoms in total. The van der Waals surface area contributed by atoms with Crippen molar-refractivity contribution in [2.75, 3.05) is 24.4 Å². The van der Waals surface area contributed by atoms with Gasteiger partial charge in [0.25, 0.3) is 0 Å². The van der Waals surface area contributed by atoms with E-state index >= 15 is 0 Å². The summed E-state index contributed by atoms with van der Waals surface area (Å²) in [5, 5.41) is 14.8. The Kier molecular flexibility index (Phi) is 8.67. The van der Waals surface area contributed by atoms with E-state index in [1.165, 1.54) is 31.4 Å². The number of fused-ring (bicyclic) bond motifs is 1. The van der Waals surface area contributed by atoms with Gasteiger partial charge in [-0.25, -0.2) is 9.87 Å². The first-order valence-corrected chi connectivity index (χ1v) is 13.5. The number of carbonyl (C=O) groups excluding carboxylic acids is 3. The van der Waals surface area contributed by atoms with Crippen molar-refractivity contribution in [1.82, 2.24) is 10.5 Å². The van der Waals surface area contributed by atoms with Crippen LogP contribution in [-0.4, -0.2) is 41.6 Å². The summed E-state index contributed by atoms with van der Waals surface area (Å²) in [5.74, 6) is 0.160. The molecule has 4 aromatic rings. The molecule has 4 N–H and O–H groups in total. The van der Waals surface area contributed by atoms with E-state index in [0.717, 1.165) is 0 Å². The molecule has 1 saturated carbocycles. The second-order valence-electron chi connectivity index (χ2n) is 9.94. The first-order valence-electron chi connectivity index (χ1n) is 13.5. The largest absolute Gasteiger partial charge is 0.493 e. The fourth-order valence-corrected chi connectivity index (χ4v) is 4.41. The van der Waals surface area contributed by atoms with E-state index in [9.17, 15) is 18.8 Å². The number of hydrogen-bond acceptors (Lipinski definition) is 8. The number of nitrogens with one attached hydrogen (secondary N) is 3. The molecule has 0 bridgehead atoms. The highest BCUT2D eigenvalue weighted by molar-refractivity contribution is 6.16. The van der Waals surface area contributed by atoms with E-state index < -0.39 is 29.0 Å². The fourth-order valence-electron chi connectivity index (χ4n) is 4.41. The summed E-state index contributed by atoms with van der Waals surface area (Å²) >= 11 is 0. The van der Waals surface area contributed by atoms with E-state index in [-0.39, 0.29) is 13.0 Å². The van der Waals surface area contributed by atoms with Gasteiger partial charge >= 0.3 is 0 Å². The summed E-state index contributed by atoms with van der Waals surface area (Å²) in [7, 11) is 1.51. The molecule has 1 fully saturated rings. The molecular formula is C31H29FN4O7. The number of ether oxygens (including phenoxy) is 3. The maximum absolute atomic E-state index is 13.2. The Morgan fingerprint density at radius 2 is 1.56 bits per heavy atom. The topological polar surface area (TPSA) is 148 Å². The van der Waals surface area contributed by atoms with Crippen molar-refractivity contribution in [2.45, 2.75) is 25.7 Å². The zero-order valence-corrected chi connectivity index (χ0v) is 23.2. The molecule has 1 aliphatic rings. The van der Waals surface area contributed by atoms with Crippen molar-refractivity contribution in [3.63, 3.8) is 0 Å². The molecule has 0 unspecified atom stereocenters. The third-order valence-corrected chi connectivity index (χ3v) is 6.98. The number of halogens is 1. The van der Waals surface area contributed by atoms with Crippen LogP contribution in [0.15, 0.2) is 72.9 Å². The standard InChI is InChI=1S/C31H29FN4O7/c1-41-26-17-23-24(18-27(26)42-16-2-3-28(37)36-40)33-15-12-25(23)43-22-10-8-21(9-11-22)35-30(39)31(13-14-31)29(38)34-20-6-4-19(32)5-7-20/h4-12,15,17-18,40H,2-3,13-14,16H2,1H3,(H,34,38)(H,35,39)(H,36,37). The molecule has 5 rings (SSSR count). The molecule has 0 spiro atoms. The molecule has 1 heterocycles. The van der Waals surface area contributed by atoms with E-state index in [1.807, 2.05) is 0 Å². The van der Waals surface area contributed by atoms with Gasteiger partial charge in [-0.2, -0.15) is 0 Å². The quantitative estimate of drug-likeness (QED) is 0.0764. The summed E-state index contributed by atoms with van der Waals surface area (Å²) in [6, 6.07) is 17.3. The molecule has 43 heavy (non-hydrogen) atoms. The summed E-state index contributed by atoms with van der Waals surface area (Å²) < 4.78 is 30.5. The Labute approximate surface area is 245 Å². The van der Waals surface area contributed by atoms with Crippen LogP contribution in [0.2, 0.25) is 0 Å². The number of aromatic nitrogens is 1. The number of pyridine rings is 1. The van der Waals surface area contributed by atoms with Crippen molar-refractivity contribution in [3.05, 3.63) is 78.7 Å². The van der Waals surface area contributed by atoms with Crippen LogP contribution in [-0.2, 0) is 14.4 Å². The maximum atomic E-state index is 13.2. The van der Waals surface area contributed by atoms with E-state index in [2.05, 4.69) is 15.6 Å². The zero-order chi connectivity index (χ0) is 30.4. The van der Waals surface area contributed by atoms with Crippen molar-refractivity contribution < 1.29 is 38.2 Å². The second-order valence-corrected chi connectivity index (χ2v) is 9.94. The highest BCUT2D eigenvalue weighted by Crippen LogP contribution is 2.47. The average Bonchev–Trinajstić information content (AvgIpc) is 3.83. The van der Waals surface area contributed by atoms with Crippen molar-refractivity contribution in [2.24, 2.45) is 5.41 Å². The van der Waals surface area contributed by atoms with Gasteiger partial charge < -0.3 is 24.8 Å². The number of rotatable bonds is 12. The number of methoxy groups -OCH3 is 1. The molecule has 0 radical (unpaired) electrons. The monoisotopic (exact) mass is 588 g/mol. The Bertz CT molecular complexity index is 1640. The Morgan fingerprint density at radius 1 is 0.907 bits per heavy atom. The molecular weight excluding hydrogens is 559 g/mol. The molecule has 0 atom stereocenters. The van der Waals surface area contributed by atoms with Crippen LogP contribution in [0.5, 0.6) is 23.0 Å². The molecule has 1 aromatic heterocycles. The normalized spacial score (nSPS) is 13.1. The average molecular weight is 589 g/mol. The van der Waals surface area contributed by atoms with Crippen molar-refractivity contribution >= 4 is 40.0 Å². The van der Waals surface area contributed by atoms with Gasteiger partial charge in [-0.1, -0.05) is 0 Å². The van der Waals surface area contributed by atoms with Gasteiger partial charge in [-0.05, 0) is 79.9 Å². The van der Waals surface area contributed by atoms with Gasteiger partial charge in [0, 0.05) is 35.4 Å². The summed E-state index contributed by atoms with van der Waals surface area (Å²) in [6.07, 6.45) is 2.93. The fraction of sp³-hybridized carbons (Fsp3) is 0.226. The van der Waals surface area contributed by atoms with Gasteiger partial charge in [0.15, 0.2) is 11.5 Å². The summed E-state index contributed by atoms with van der Waals surface area (Å²) in [4.78, 5) is 41.4. The lowest BCUT2D eigenvalue weighted by Crippen LogP contribution is -2.35. The van der Waals surface area contributed by atoms with Gasteiger partial charge in [0.05, 0.1) is 19.2 Å². The summed E-state index contributed by atoms with van der Waals surface area (Å²) in [6.45, 7) is 0.231. The van der Waals surface area contributed by atoms with Crippen LogP contribution >= 0.6 is 0 Å². The minimum Gasteiger partial charge on any atom is -0.493 e. The number of carbonyl (C=O) groups is 3. The van der Waals surface area contributed by atoms with Crippen LogP contribution in [0.4, 0.5) is 15.8 Å². The Hall–Kier alpha value is -5.23. The van der Waals surface area contributed by atoms with Crippen molar-refractivity contribution in [1.29, 1.82) is 0 Å². The Balaban J connectivity index is 1.23. The Morgan fingerprint density at radius 3 is 2.16 bits per heavy atom. The molecule has 222 valence electrons. The van der Waals surface area contributed by atoms with Crippen LogP contribution < -0.4 is 30.3 Å². The number of hydrogen-bond donors (Lipinski definition) is 4. The molecule has 3 aromatic carbocycles. The minimum atomic E-state index is -1.17. The number of anilines is 2. The SMILES string of the molecule is COc1cc2c(Oc3ccc(NC(=O)C4(C(=O)Nc5ccc(F)cc5)CC4)cc3)ccnc2cc1OCCCC(=O)NO. The van der Waals surface area contributed by atoms with Gasteiger partial charge in [0.2, 0.25) is 17.7 Å². The highest BCUT2D eigenvalue weighted by Gasteiger charge is 2.56. The van der Waals surface area contributed by atoms with Crippen molar-refractivity contribution in [3.8, 4) is 23.0 Å². The lowest BCUT2D eigenvalue weighted by atomic mass is 10.0. The van der Waals surface area contributed by atoms with Gasteiger partial charge in [0.1, 0.15) is 22.7 Å².